The fraction of sp³-hybridized carbons (Fsp3) is 0.143. The van der Waals surface area contributed by atoms with Gasteiger partial charge in [0, 0.05) is 25.5 Å². The van der Waals surface area contributed by atoms with Gasteiger partial charge in [-0.25, -0.2) is 0 Å². The quantitative estimate of drug-likeness (QED) is 0.733. The number of nitrogens with zero attached hydrogens (tertiary/aromatic N) is 2. The predicted molar refractivity (Wildman–Crippen MR) is 104 cm³/mol. The van der Waals surface area contributed by atoms with E-state index in [1.165, 1.54) is 5.56 Å². The number of aromatic nitrogens is 1. The van der Waals surface area contributed by atoms with Crippen molar-refractivity contribution >= 4 is 17.3 Å². The maximum Gasteiger partial charge on any atom is 0.257 e. The lowest BCUT2D eigenvalue weighted by atomic mass is 10.2. The van der Waals surface area contributed by atoms with Crippen LogP contribution in [-0.4, -0.2) is 25.0 Å². The maximum atomic E-state index is 12.5. The molecule has 5 heteroatoms. The van der Waals surface area contributed by atoms with Crippen molar-refractivity contribution in [2.24, 2.45) is 0 Å². The molecule has 1 heterocycles. The van der Waals surface area contributed by atoms with Crippen molar-refractivity contribution in [1.82, 2.24) is 4.98 Å². The highest BCUT2D eigenvalue weighted by molar-refractivity contribution is 6.04. The number of amides is 1. The topological polar surface area (TPSA) is 54.5 Å². The van der Waals surface area contributed by atoms with Crippen molar-refractivity contribution in [2.45, 2.75) is 6.54 Å². The molecule has 0 aliphatic carbocycles. The summed E-state index contributed by atoms with van der Waals surface area (Å²) < 4.78 is 5.12. The summed E-state index contributed by atoms with van der Waals surface area (Å²) in [6.07, 6.45) is 3.33. The zero-order valence-electron chi connectivity index (χ0n) is 14.8. The standard InChI is InChI=1S/C21H21N3O2/c1-24(15-16-6-4-3-5-7-16)19-12-17(13-22-14-19)21(25)23-18-8-10-20(26-2)11-9-18/h3-14H,15H2,1-2H3,(H,23,25). The van der Waals surface area contributed by atoms with Gasteiger partial charge in [0.05, 0.1) is 24.6 Å². The third-order valence-electron chi connectivity index (χ3n) is 4.04. The lowest BCUT2D eigenvalue weighted by Crippen LogP contribution is -2.18. The van der Waals surface area contributed by atoms with Crippen molar-refractivity contribution in [3.8, 4) is 5.75 Å². The van der Waals surface area contributed by atoms with Crippen molar-refractivity contribution in [1.29, 1.82) is 0 Å². The Hall–Kier alpha value is -3.34. The molecule has 1 amide bonds. The average Bonchev–Trinajstić information content (AvgIpc) is 2.69. The van der Waals surface area contributed by atoms with E-state index >= 15 is 0 Å². The second-order valence-corrected chi connectivity index (χ2v) is 5.96. The number of pyridine rings is 1. The molecule has 0 saturated heterocycles. The minimum Gasteiger partial charge on any atom is -0.497 e. The molecule has 0 bridgehead atoms. The molecule has 0 atom stereocenters. The Labute approximate surface area is 153 Å². The van der Waals surface area contributed by atoms with E-state index in [2.05, 4.69) is 27.3 Å². The van der Waals surface area contributed by atoms with Crippen LogP contribution in [0.4, 0.5) is 11.4 Å². The molecule has 1 aromatic heterocycles. The van der Waals surface area contributed by atoms with E-state index < -0.39 is 0 Å². The molecule has 0 unspecified atom stereocenters. The highest BCUT2D eigenvalue weighted by Crippen LogP contribution is 2.18. The van der Waals surface area contributed by atoms with Crippen LogP contribution in [0.3, 0.4) is 0 Å². The molecule has 26 heavy (non-hydrogen) atoms. The Balaban J connectivity index is 1.70. The maximum absolute atomic E-state index is 12.5. The molecule has 5 nitrogen and oxygen atoms in total. The number of hydrogen-bond donors (Lipinski definition) is 1. The van der Waals surface area contributed by atoms with E-state index in [1.807, 2.05) is 31.3 Å². The van der Waals surface area contributed by atoms with Gasteiger partial charge in [-0.05, 0) is 35.9 Å². The number of hydrogen-bond acceptors (Lipinski definition) is 4. The Bertz CT molecular complexity index is 864. The summed E-state index contributed by atoms with van der Waals surface area (Å²) in [5.41, 5.74) is 3.30. The summed E-state index contributed by atoms with van der Waals surface area (Å²) in [6, 6.07) is 19.2. The molecule has 0 aliphatic rings. The molecule has 0 radical (unpaired) electrons. The first-order valence-corrected chi connectivity index (χ1v) is 8.31. The van der Waals surface area contributed by atoms with E-state index in [1.54, 1.807) is 43.8 Å². The van der Waals surface area contributed by atoms with Gasteiger partial charge in [0.2, 0.25) is 0 Å². The first-order chi connectivity index (χ1) is 12.7. The monoisotopic (exact) mass is 347 g/mol. The normalized spacial score (nSPS) is 10.2. The number of rotatable bonds is 6. The summed E-state index contributed by atoms with van der Waals surface area (Å²) in [7, 11) is 3.59. The Morgan fingerprint density at radius 3 is 2.50 bits per heavy atom. The highest BCUT2D eigenvalue weighted by atomic mass is 16.5. The number of ether oxygens (including phenoxy) is 1. The van der Waals surface area contributed by atoms with Crippen LogP contribution in [0.25, 0.3) is 0 Å². The number of benzene rings is 2. The summed E-state index contributed by atoms with van der Waals surface area (Å²) >= 11 is 0. The fourth-order valence-corrected chi connectivity index (χ4v) is 2.59. The van der Waals surface area contributed by atoms with E-state index in [0.717, 1.165) is 18.0 Å². The Morgan fingerprint density at radius 1 is 1.08 bits per heavy atom. The molecule has 1 N–H and O–H groups in total. The van der Waals surface area contributed by atoms with Crippen molar-refractivity contribution in [2.75, 3.05) is 24.4 Å². The molecule has 3 aromatic rings. The van der Waals surface area contributed by atoms with Gasteiger partial charge >= 0.3 is 0 Å². The summed E-state index contributed by atoms with van der Waals surface area (Å²) in [5.74, 6) is 0.548. The molecule has 0 aliphatic heterocycles. The second kappa shape index (κ2) is 8.16. The van der Waals surface area contributed by atoms with Crippen LogP contribution in [0.15, 0.2) is 73.1 Å². The predicted octanol–water partition coefficient (Wildman–Crippen LogP) is 3.98. The zero-order chi connectivity index (χ0) is 18.4. The van der Waals surface area contributed by atoms with E-state index in [4.69, 9.17) is 4.74 Å². The first-order valence-electron chi connectivity index (χ1n) is 8.31. The van der Waals surface area contributed by atoms with Crippen LogP contribution in [0.1, 0.15) is 15.9 Å². The number of anilines is 2. The van der Waals surface area contributed by atoms with Crippen LogP contribution in [-0.2, 0) is 6.54 Å². The summed E-state index contributed by atoms with van der Waals surface area (Å²) in [4.78, 5) is 18.8. The van der Waals surface area contributed by atoms with Gasteiger partial charge in [0.25, 0.3) is 5.91 Å². The van der Waals surface area contributed by atoms with Crippen LogP contribution in [0.5, 0.6) is 5.75 Å². The number of carbonyl (C=O) groups excluding carboxylic acids is 1. The fourth-order valence-electron chi connectivity index (χ4n) is 2.59. The molecule has 3 rings (SSSR count). The third-order valence-corrected chi connectivity index (χ3v) is 4.04. The summed E-state index contributed by atoms with van der Waals surface area (Å²) in [5, 5.41) is 2.87. The van der Waals surface area contributed by atoms with Gasteiger partial charge in [-0.15, -0.1) is 0 Å². The van der Waals surface area contributed by atoms with Gasteiger partial charge in [-0.2, -0.15) is 0 Å². The minimum atomic E-state index is -0.197. The van der Waals surface area contributed by atoms with Gasteiger partial charge in [-0.1, -0.05) is 30.3 Å². The van der Waals surface area contributed by atoms with Crippen molar-refractivity contribution in [3.05, 3.63) is 84.2 Å². The smallest absolute Gasteiger partial charge is 0.257 e. The molecular formula is C21H21N3O2. The third kappa shape index (κ3) is 4.39. The summed E-state index contributed by atoms with van der Waals surface area (Å²) in [6.45, 7) is 0.742. The number of carbonyl (C=O) groups is 1. The largest absolute Gasteiger partial charge is 0.497 e. The lowest BCUT2D eigenvalue weighted by molar-refractivity contribution is 0.102. The first kappa shape index (κ1) is 17.5. The van der Waals surface area contributed by atoms with Gasteiger partial charge in [0.1, 0.15) is 5.75 Å². The number of methoxy groups -OCH3 is 1. The van der Waals surface area contributed by atoms with E-state index in [0.29, 0.717) is 11.3 Å². The van der Waals surface area contributed by atoms with E-state index in [9.17, 15) is 4.79 Å². The average molecular weight is 347 g/mol. The lowest BCUT2D eigenvalue weighted by Gasteiger charge is -2.19. The molecule has 0 fully saturated rings. The Kier molecular flexibility index (Phi) is 5.49. The Morgan fingerprint density at radius 2 is 1.81 bits per heavy atom. The molecule has 132 valence electrons. The van der Waals surface area contributed by atoms with Gasteiger partial charge in [0.15, 0.2) is 0 Å². The zero-order valence-corrected chi connectivity index (χ0v) is 14.8. The van der Waals surface area contributed by atoms with E-state index in [-0.39, 0.29) is 5.91 Å². The van der Waals surface area contributed by atoms with Crippen LogP contribution >= 0.6 is 0 Å². The molecule has 0 spiro atoms. The van der Waals surface area contributed by atoms with Gasteiger partial charge < -0.3 is 15.0 Å². The highest BCUT2D eigenvalue weighted by Gasteiger charge is 2.10. The van der Waals surface area contributed by atoms with Crippen LogP contribution in [0.2, 0.25) is 0 Å². The molecule has 0 saturated carbocycles. The van der Waals surface area contributed by atoms with Crippen LogP contribution < -0.4 is 15.0 Å². The number of nitrogens with one attached hydrogen (secondary N) is 1. The SMILES string of the molecule is COc1ccc(NC(=O)c2cncc(N(C)Cc3ccccc3)c2)cc1. The molecular weight excluding hydrogens is 326 g/mol. The second-order valence-electron chi connectivity index (χ2n) is 5.96. The minimum absolute atomic E-state index is 0.197. The molecule has 2 aromatic carbocycles. The van der Waals surface area contributed by atoms with Crippen LogP contribution in [0, 0.1) is 0 Å². The van der Waals surface area contributed by atoms with Crippen molar-refractivity contribution < 1.29 is 9.53 Å². The van der Waals surface area contributed by atoms with Gasteiger partial charge in [-0.3, -0.25) is 9.78 Å². The van der Waals surface area contributed by atoms with Crippen molar-refractivity contribution in [3.63, 3.8) is 0 Å².